The van der Waals surface area contributed by atoms with E-state index in [0.29, 0.717) is 17.5 Å². The zero-order valence-electron chi connectivity index (χ0n) is 17.3. The van der Waals surface area contributed by atoms with Crippen molar-refractivity contribution in [1.29, 1.82) is 0 Å². The highest BCUT2D eigenvalue weighted by molar-refractivity contribution is 7.92. The van der Waals surface area contributed by atoms with E-state index in [4.69, 9.17) is 4.74 Å². The summed E-state index contributed by atoms with van der Waals surface area (Å²) >= 11 is 0. The molecule has 0 aromatic heterocycles. The second-order valence-electron chi connectivity index (χ2n) is 6.72. The lowest BCUT2D eigenvalue weighted by atomic mass is 10.2. The van der Waals surface area contributed by atoms with Crippen molar-refractivity contribution in [2.24, 2.45) is 0 Å². The van der Waals surface area contributed by atoms with E-state index in [9.17, 15) is 26.8 Å². The maximum atomic E-state index is 13.7. The summed E-state index contributed by atoms with van der Waals surface area (Å²) in [4.78, 5) is 24.0. The topological polar surface area (TPSA) is 114 Å². The number of carbonyl (C=O) groups excluding carboxylic acids is 2. The lowest BCUT2D eigenvalue weighted by Crippen LogP contribution is -2.33. The third-order valence-corrected chi connectivity index (χ3v) is 5.73. The van der Waals surface area contributed by atoms with Gasteiger partial charge in [-0.05, 0) is 54.6 Å². The maximum Gasteiger partial charge on any atom is 0.261 e. The zero-order chi connectivity index (χ0) is 24.0. The molecule has 0 aliphatic rings. The largest absolute Gasteiger partial charge is 0.497 e. The van der Waals surface area contributed by atoms with Crippen LogP contribution in [0.3, 0.4) is 0 Å². The predicted molar refractivity (Wildman–Crippen MR) is 118 cm³/mol. The molecule has 11 heteroatoms. The molecule has 2 amide bonds. The van der Waals surface area contributed by atoms with Gasteiger partial charge in [-0.3, -0.25) is 14.3 Å². The molecular formula is C22H19F2N3O5S. The highest BCUT2D eigenvalue weighted by atomic mass is 32.2. The molecule has 0 radical (unpaired) electrons. The van der Waals surface area contributed by atoms with Crippen molar-refractivity contribution in [3.8, 4) is 5.75 Å². The lowest BCUT2D eigenvalue weighted by molar-refractivity contribution is -0.115. The monoisotopic (exact) mass is 475 g/mol. The van der Waals surface area contributed by atoms with Crippen molar-refractivity contribution in [2.75, 3.05) is 23.7 Å². The second kappa shape index (κ2) is 10.1. The molecule has 0 saturated heterocycles. The SMILES string of the molecule is COc1ccc(NS(=O)(=O)c2cccc(NC(=O)CNC(=O)c3ccc(F)cc3F)c2)cc1. The van der Waals surface area contributed by atoms with Crippen LogP contribution in [0.15, 0.2) is 71.6 Å². The van der Waals surface area contributed by atoms with Crippen LogP contribution in [0.25, 0.3) is 0 Å². The van der Waals surface area contributed by atoms with Gasteiger partial charge in [-0.25, -0.2) is 17.2 Å². The molecule has 0 fully saturated rings. The Hall–Kier alpha value is -3.99. The van der Waals surface area contributed by atoms with Crippen molar-refractivity contribution in [2.45, 2.75) is 4.90 Å². The summed E-state index contributed by atoms with van der Waals surface area (Å²) in [6.45, 7) is -0.517. The third-order valence-electron chi connectivity index (χ3n) is 4.36. The number of nitrogens with one attached hydrogen (secondary N) is 3. The minimum absolute atomic E-state index is 0.103. The summed E-state index contributed by atoms with van der Waals surface area (Å²) in [6, 6.07) is 14.2. The van der Waals surface area contributed by atoms with Gasteiger partial charge in [0, 0.05) is 17.4 Å². The van der Waals surface area contributed by atoms with Gasteiger partial charge in [-0.15, -0.1) is 0 Å². The van der Waals surface area contributed by atoms with Crippen LogP contribution >= 0.6 is 0 Å². The highest BCUT2D eigenvalue weighted by Gasteiger charge is 2.16. The second-order valence-corrected chi connectivity index (χ2v) is 8.40. The average molecular weight is 475 g/mol. The van der Waals surface area contributed by atoms with E-state index in [1.807, 2.05) is 0 Å². The van der Waals surface area contributed by atoms with Crippen LogP contribution in [0.5, 0.6) is 5.75 Å². The molecule has 33 heavy (non-hydrogen) atoms. The molecule has 0 spiro atoms. The minimum atomic E-state index is -3.95. The van der Waals surface area contributed by atoms with E-state index in [2.05, 4.69) is 15.4 Å². The summed E-state index contributed by atoms with van der Waals surface area (Å²) in [5, 5.41) is 4.66. The Morgan fingerprint density at radius 3 is 2.33 bits per heavy atom. The van der Waals surface area contributed by atoms with Gasteiger partial charge < -0.3 is 15.4 Å². The smallest absolute Gasteiger partial charge is 0.261 e. The van der Waals surface area contributed by atoms with Gasteiger partial charge in [0.25, 0.3) is 15.9 Å². The van der Waals surface area contributed by atoms with E-state index >= 15 is 0 Å². The molecule has 0 saturated carbocycles. The van der Waals surface area contributed by atoms with Crippen LogP contribution < -0.4 is 20.1 Å². The first kappa shape index (κ1) is 23.7. The molecule has 8 nitrogen and oxygen atoms in total. The fraction of sp³-hybridized carbons (Fsp3) is 0.0909. The number of carbonyl (C=O) groups is 2. The van der Waals surface area contributed by atoms with E-state index in [0.717, 1.165) is 12.1 Å². The van der Waals surface area contributed by atoms with E-state index < -0.39 is 45.6 Å². The fourth-order valence-electron chi connectivity index (χ4n) is 2.75. The van der Waals surface area contributed by atoms with Crippen molar-refractivity contribution in [3.05, 3.63) is 83.9 Å². The molecule has 0 unspecified atom stereocenters. The molecule has 0 aliphatic carbocycles. The van der Waals surface area contributed by atoms with Crippen molar-refractivity contribution < 1.29 is 31.5 Å². The Labute approximate surface area is 188 Å². The van der Waals surface area contributed by atoms with Crippen LogP contribution in [0.2, 0.25) is 0 Å². The number of hydrogen-bond donors (Lipinski definition) is 3. The molecule has 0 heterocycles. The Bertz CT molecular complexity index is 1280. The van der Waals surface area contributed by atoms with Crippen LogP contribution in [-0.4, -0.2) is 33.9 Å². The number of rotatable bonds is 8. The van der Waals surface area contributed by atoms with E-state index in [1.54, 1.807) is 12.1 Å². The summed E-state index contributed by atoms with van der Waals surface area (Å²) in [6.07, 6.45) is 0. The first-order valence-corrected chi connectivity index (χ1v) is 11.0. The van der Waals surface area contributed by atoms with Gasteiger partial charge in [0.2, 0.25) is 5.91 Å². The Morgan fingerprint density at radius 2 is 1.67 bits per heavy atom. The molecule has 0 atom stereocenters. The van der Waals surface area contributed by atoms with Gasteiger partial charge in [0.1, 0.15) is 17.4 Å². The fourth-order valence-corrected chi connectivity index (χ4v) is 3.85. The molecule has 172 valence electrons. The molecule has 3 aromatic carbocycles. The minimum Gasteiger partial charge on any atom is -0.497 e. The first-order chi connectivity index (χ1) is 15.7. The van der Waals surface area contributed by atoms with Gasteiger partial charge in [-0.2, -0.15) is 0 Å². The molecule has 3 aromatic rings. The normalized spacial score (nSPS) is 10.9. The average Bonchev–Trinajstić information content (AvgIpc) is 2.78. The maximum absolute atomic E-state index is 13.7. The number of methoxy groups -OCH3 is 1. The number of anilines is 2. The lowest BCUT2D eigenvalue weighted by Gasteiger charge is -2.11. The first-order valence-electron chi connectivity index (χ1n) is 9.48. The van der Waals surface area contributed by atoms with Crippen LogP contribution in [0, 0.1) is 11.6 Å². The summed E-state index contributed by atoms with van der Waals surface area (Å²) < 4.78 is 59.3. The number of amides is 2. The summed E-state index contributed by atoms with van der Waals surface area (Å²) in [5.41, 5.74) is 0.0719. The van der Waals surface area contributed by atoms with Crippen LogP contribution in [0.1, 0.15) is 10.4 Å². The number of ether oxygens (including phenoxy) is 1. The molecule has 3 rings (SSSR count). The molecular weight excluding hydrogens is 456 g/mol. The highest BCUT2D eigenvalue weighted by Crippen LogP contribution is 2.21. The van der Waals surface area contributed by atoms with Crippen LogP contribution in [0.4, 0.5) is 20.2 Å². The third kappa shape index (κ3) is 6.26. The van der Waals surface area contributed by atoms with Crippen molar-refractivity contribution >= 4 is 33.2 Å². The van der Waals surface area contributed by atoms with Crippen LogP contribution in [-0.2, 0) is 14.8 Å². The number of sulfonamides is 1. The standard InChI is InChI=1S/C22H19F2N3O5S/c1-32-17-8-6-15(7-9-17)27-33(30,31)18-4-2-3-16(12-18)26-21(28)13-25-22(29)19-10-5-14(23)11-20(19)24/h2-12,27H,13H2,1H3,(H,25,29)(H,26,28). The Balaban J connectivity index is 1.62. The van der Waals surface area contributed by atoms with Gasteiger partial charge >= 0.3 is 0 Å². The number of benzene rings is 3. The Morgan fingerprint density at radius 1 is 0.939 bits per heavy atom. The summed E-state index contributed by atoms with van der Waals surface area (Å²) in [7, 11) is -2.45. The van der Waals surface area contributed by atoms with Gasteiger partial charge in [-0.1, -0.05) is 6.07 Å². The van der Waals surface area contributed by atoms with E-state index in [1.165, 1.54) is 43.5 Å². The number of halogens is 2. The Kier molecular flexibility index (Phi) is 7.23. The van der Waals surface area contributed by atoms with E-state index in [-0.39, 0.29) is 10.6 Å². The molecule has 3 N–H and O–H groups in total. The predicted octanol–water partition coefficient (Wildman–Crippen LogP) is 3.14. The van der Waals surface area contributed by atoms with Crippen molar-refractivity contribution in [1.82, 2.24) is 5.32 Å². The zero-order valence-corrected chi connectivity index (χ0v) is 18.1. The van der Waals surface area contributed by atoms with Crippen molar-refractivity contribution in [3.63, 3.8) is 0 Å². The molecule has 0 aliphatic heterocycles. The number of hydrogen-bond acceptors (Lipinski definition) is 5. The summed E-state index contributed by atoms with van der Waals surface area (Å²) in [5.74, 6) is -2.91. The van der Waals surface area contributed by atoms with Gasteiger partial charge in [0.05, 0.1) is 24.1 Å². The van der Waals surface area contributed by atoms with Gasteiger partial charge in [0.15, 0.2) is 0 Å². The molecule has 0 bridgehead atoms. The quantitative estimate of drug-likeness (QED) is 0.463.